The molecule has 0 radical (unpaired) electrons. The van der Waals surface area contributed by atoms with Gasteiger partial charge >= 0.3 is 11.9 Å². The van der Waals surface area contributed by atoms with E-state index in [2.05, 4.69) is 19.6 Å². The van der Waals surface area contributed by atoms with Gasteiger partial charge in [-0.15, -0.1) is 0 Å². The topological polar surface area (TPSA) is 74.6 Å². The van der Waals surface area contributed by atoms with Gasteiger partial charge < -0.3 is 10.2 Å². The summed E-state index contributed by atoms with van der Waals surface area (Å²) in [4.78, 5) is 21.4. The van der Waals surface area contributed by atoms with Crippen LogP contribution in [0.2, 0.25) is 0 Å². The summed E-state index contributed by atoms with van der Waals surface area (Å²) in [6.45, 7) is 2.08. The molecule has 2 N–H and O–H groups in total. The van der Waals surface area contributed by atoms with Crippen molar-refractivity contribution in [3.63, 3.8) is 0 Å². The highest BCUT2D eigenvalue weighted by Gasteiger charge is 2.26. The average molecular weight is 248 g/mol. The second-order valence-corrected chi connectivity index (χ2v) is 4.62. The molecule has 0 aromatic rings. The Balaban J connectivity index is 4.06. The molecule has 0 aliphatic carbocycles. The molecule has 94 valence electrons. The van der Waals surface area contributed by atoms with Gasteiger partial charge in [0.15, 0.2) is 0 Å². The van der Waals surface area contributed by atoms with Gasteiger partial charge in [-0.3, -0.25) is 9.59 Å². The Morgan fingerprint density at radius 2 is 1.81 bits per heavy atom. The molecule has 2 atom stereocenters. The van der Waals surface area contributed by atoms with Crippen molar-refractivity contribution in [1.82, 2.24) is 0 Å². The van der Waals surface area contributed by atoms with E-state index in [1.165, 1.54) is 0 Å². The summed E-state index contributed by atoms with van der Waals surface area (Å²) < 4.78 is 0. The van der Waals surface area contributed by atoms with Crippen molar-refractivity contribution in [2.45, 2.75) is 50.7 Å². The summed E-state index contributed by atoms with van der Waals surface area (Å²) in [5.74, 6) is -2.60. The minimum atomic E-state index is -1.00. The standard InChI is InChI=1S/C11H20O4S/c1-2-3-4-5-6-8(11(14)15)9(16)7-10(12)13/h8-9,16H,2-7H2,1H3,(H,12,13)(H,14,15). The average Bonchev–Trinajstić information content (AvgIpc) is 2.15. The Hall–Kier alpha value is -0.710. The number of hydrogen-bond acceptors (Lipinski definition) is 3. The highest BCUT2D eigenvalue weighted by atomic mass is 32.1. The number of hydrogen-bond donors (Lipinski definition) is 3. The van der Waals surface area contributed by atoms with Crippen LogP contribution in [0.15, 0.2) is 0 Å². The Morgan fingerprint density at radius 3 is 2.25 bits per heavy atom. The van der Waals surface area contributed by atoms with E-state index in [0.29, 0.717) is 6.42 Å². The van der Waals surface area contributed by atoms with E-state index in [1.807, 2.05) is 0 Å². The number of thiol groups is 1. The largest absolute Gasteiger partial charge is 0.481 e. The SMILES string of the molecule is CCCCCCC(C(=O)O)C(S)CC(=O)O. The zero-order valence-corrected chi connectivity index (χ0v) is 10.4. The molecule has 4 nitrogen and oxygen atoms in total. The van der Waals surface area contributed by atoms with Crippen LogP contribution in [0, 0.1) is 5.92 Å². The van der Waals surface area contributed by atoms with Crippen LogP contribution in [0.5, 0.6) is 0 Å². The molecule has 0 rings (SSSR count). The molecular weight excluding hydrogens is 228 g/mol. The van der Waals surface area contributed by atoms with Gasteiger partial charge in [0.25, 0.3) is 0 Å². The molecule has 0 aromatic carbocycles. The number of aliphatic carboxylic acids is 2. The van der Waals surface area contributed by atoms with Crippen molar-refractivity contribution < 1.29 is 19.8 Å². The second-order valence-electron chi connectivity index (χ2n) is 3.96. The maximum atomic E-state index is 10.9. The van der Waals surface area contributed by atoms with E-state index in [-0.39, 0.29) is 6.42 Å². The summed E-state index contributed by atoms with van der Waals surface area (Å²) in [6.07, 6.45) is 4.31. The minimum absolute atomic E-state index is 0.201. The first kappa shape index (κ1) is 15.3. The third-order valence-electron chi connectivity index (χ3n) is 2.53. The molecule has 0 saturated carbocycles. The lowest BCUT2D eigenvalue weighted by Crippen LogP contribution is -2.26. The van der Waals surface area contributed by atoms with E-state index in [0.717, 1.165) is 25.7 Å². The second kappa shape index (κ2) is 8.44. The third-order valence-corrected chi connectivity index (χ3v) is 3.08. The fourth-order valence-corrected chi connectivity index (χ4v) is 2.03. The molecular formula is C11H20O4S. The number of unbranched alkanes of at least 4 members (excludes halogenated alkanes) is 3. The lowest BCUT2D eigenvalue weighted by Gasteiger charge is -2.17. The highest BCUT2D eigenvalue weighted by Crippen LogP contribution is 2.21. The fourth-order valence-electron chi connectivity index (χ4n) is 1.59. The molecule has 0 bridgehead atoms. The minimum Gasteiger partial charge on any atom is -0.481 e. The van der Waals surface area contributed by atoms with Crippen LogP contribution in [-0.4, -0.2) is 27.4 Å². The molecule has 0 saturated heterocycles. The van der Waals surface area contributed by atoms with Crippen LogP contribution < -0.4 is 0 Å². The van der Waals surface area contributed by atoms with E-state index >= 15 is 0 Å². The van der Waals surface area contributed by atoms with E-state index in [1.54, 1.807) is 0 Å². The molecule has 2 unspecified atom stereocenters. The van der Waals surface area contributed by atoms with Gasteiger partial charge in [0, 0.05) is 5.25 Å². The predicted molar refractivity (Wildman–Crippen MR) is 64.9 cm³/mol. The lowest BCUT2D eigenvalue weighted by molar-refractivity contribution is -0.142. The van der Waals surface area contributed by atoms with Crippen LogP contribution in [0.4, 0.5) is 0 Å². The van der Waals surface area contributed by atoms with Gasteiger partial charge in [-0.05, 0) is 6.42 Å². The first-order valence-electron chi connectivity index (χ1n) is 5.61. The molecule has 0 fully saturated rings. The molecule has 0 amide bonds. The number of rotatable bonds is 9. The Morgan fingerprint density at radius 1 is 1.19 bits per heavy atom. The van der Waals surface area contributed by atoms with Gasteiger partial charge in [-0.1, -0.05) is 32.6 Å². The normalized spacial score (nSPS) is 14.4. The smallest absolute Gasteiger partial charge is 0.307 e. The summed E-state index contributed by atoms with van der Waals surface area (Å²) in [5.41, 5.74) is 0. The maximum absolute atomic E-state index is 10.9. The molecule has 0 heterocycles. The van der Waals surface area contributed by atoms with Crippen molar-refractivity contribution >= 4 is 24.6 Å². The van der Waals surface area contributed by atoms with Crippen LogP contribution in [0.25, 0.3) is 0 Å². The molecule has 0 spiro atoms. The molecule has 0 aromatic heterocycles. The van der Waals surface area contributed by atoms with Gasteiger partial charge in [-0.25, -0.2) is 0 Å². The Kier molecular flexibility index (Phi) is 8.07. The van der Waals surface area contributed by atoms with Crippen LogP contribution >= 0.6 is 12.6 Å². The highest BCUT2D eigenvalue weighted by molar-refractivity contribution is 7.81. The van der Waals surface area contributed by atoms with Crippen molar-refractivity contribution in [3.05, 3.63) is 0 Å². The van der Waals surface area contributed by atoms with Gasteiger partial charge in [0.2, 0.25) is 0 Å². The zero-order chi connectivity index (χ0) is 12.6. The lowest BCUT2D eigenvalue weighted by atomic mass is 9.95. The first-order chi connectivity index (χ1) is 7.49. The van der Waals surface area contributed by atoms with Crippen LogP contribution in [0.1, 0.15) is 45.4 Å². The van der Waals surface area contributed by atoms with Crippen molar-refractivity contribution in [3.8, 4) is 0 Å². The van der Waals surface area contributed by atoms with Crippen LogP contribution in [-0.2, 0) is 9.59 Å². The number of carboxylic acid groups (broad SMARTS) is 2. The summed E-state index contributed by atoms with van der Waals surface area (Å²) in [7, 11) is 0. The van der Waals surface area contributed by atoms with Crippen molar-refractivity contribution in [1.29, 1.82) is 0 Å². The summed E-state index contributed by atoms with van der Waals surface area (Å²) in [5, 5.41) is 17.0. The Labute approximate surface area is 101 Å². The van der Waals surface area contributed by atoms with Crippen LogP contribution in [0.3, 0.4) is 0 Å². The van der Waals surface area contributed by atoms with E-state index < -0.39 is 23.1 Å². The van der Waals surface area contributed by atoms with E-state index in [4.69, 9.17) is 10.2 Å². The zero-order valence-electron chi connectivity index (χ0n) is 9.56. The van der Waals surface area contributed by atoms with Crippen molar-refractivity contribution in [2.24, 2.45) is 5.92 Å². The maximum Gasteiger partial charge on any atom is 0.307 e. The van der Waals surface area contributed by atoms with Crippen molar-refractivity contribution in [2.75, 3.05) is 0 Å². The molecule has 5 heteroatoms. The predicted octanol–water partition coefficient (Wildman–Crippen LogP) is 2.43. The molecule has 0 aliphatic heterocycles. The third kappa shape index (κ3) is 6.71. The molecule has 0 aliphatic rings. The monoisotopic (exact) mass is 248 g/mol. The quantitative estimate of drug-likeness (QED) is 0.433. The van der Waals surface area contributed by atoms with Gasteiger partial charge in [-0.2, -0.15) is 12.6 Å². The fraction of sp³-hybridized carbons (Fsp3) is 0.818. The van der Waals surface area contributed by atoms with Gasteiger partial charge in [0.05, 0.1) is 12.3 Å². The summed E-state index contributed by atoms with van der Waals surface area (Å²) in [6, 6.07) is 0. The van der Waals surface area contributed by atoms with E-state index in [9.17, 15) is 9.59 Å². The Bertz CT molecular complexity index is 230. The first-order valence-corrected chi connectivity index (χ1v) is 6.13. The molecule has 16 heavy (non-hydrogen) atoms. The van der Waals surface area contributed by atoms with Gasteiger partial charge in [0.1, 0.15) is 0 Å². The number of carbonyl (C=O) groups is 2. The number of carboxylic acids is 2. The summed E-state index contributed by atoms with van der Waals surface area (Å²) >= 11 is 4.07.